The summed E-state index contributed by atoms with van der Waals surface area (Å²) < 4.78 is 5.90. The molecule has 2 rings (SSSR count). The van der Waals surface area contributed by atoms with Crippen molar-refractivity contribution < 1.29 is 4.42 Å². The molecule has 1 aromatic rings. The molecule has 0 aromatic carbocycles. The molecule has 0 spiro atoms. The SMILES string of the molecule is CCCNCc1ccc(CN2CCCC(C)CC2)o1. The van der Waals surface area contributed by atoms with Crippen LogP contribution in [0.3, 0.4) is 0 Å². The molecule has 2 heterocycles. The lowest BCUT2D eigenvalue weighted by atomic mass is 10.0. The Hall–Kier alpha value is -0.800. The van der Waals surface area contributed by atoms with E-state index < -0.39 is 0 Å². The molecule has 1 aromatic heterocycles. The summed E-state index contributed by atoms with van der Waals surface area (Å²) in [5, 5.41) is 3.38. The first kappa shape index (κ1) is 14.6. The van der Waals surface area contributed by atoms with Gasteiger partial charge in [-0.2, -0.15) is 0 Å². The molecule has 19 heavy (non-hydrogen) atoms. The van der Waals surface area contributed by atoms with Crippen molar-refractivity contribution in [1.82, 2.24) is 10.2 Å². The summed E-state index contributed by atoms with van der Waals surface area (Å²) in [7, 11) is 0. The molecule has 0 saturated carbocycles. The normalized spacial score (nSPS) is 21.5. The molecule has 0 bridgehead atoms. The van der Waals surface area contributed by atoms with E-state index in [9.17, 15) is 0 Å². The van der Waals surface area contributed by atoms with Crippen LogP contribution in [0.15, 0.2) is 16.5 Å². The highest BCUT2D eigenvalue weighted by molar-refractivity contribution is 5.07. The number of likely N-dealkylation sites (tertiary alicyclic amines) is 1. The van der Waals surface area contributed by atoms with Crippen LogP contribution in [-0.2, 0) is 13.1 Å². The highest BCUT2D eigenvalue weighted by Gasteiger charge is 2.15. The Kier molecular flexibility index (Phi) is 5.93. The van der Waals surface area contributed by atoms with Gasteiger partial charge in [-0.25, -0.2) is 0 Å². The van der Waals surface area contributed by atoms with Crippen LogP contribution in [0, 0.1) is 5.92 Å². The summed E-state index contributed by atoms with van der Waals surface area (Å²) in [6.07, 6.45) is 5.19. The second-order valence-electron chi connectivity index (χ2n) is 5.86. The molecule has 0 aliphatic carbocycles. The quantitative estimate of drug-likeness (QED) is 0.798. The zero-order chi connectivity index (χ0) is 13.5. The second-order valence-corrected chi connectivity index (χ2v) is 5.86. The summed E-state index contributed by atoms with van der Waals surface area (Å²) in [5.41, 5.74) is 0. The third kappa shape index (κ3) is 5.00. The summed E-state index contributed by atoms with van der Waals surface area (Å²) >= 11 is 0. The van der Waals surface area contributed by atoms with E-state index in [1.165, 1.54) is 38.8 Å². The van der Waals surface area contributed by atoms with Crippen LogP contribution in [0.25, 0.3) is 0 Å². The van der Waals surface area contributed by atoms with E-state index in [4.69, 9.17) is 4.42 Å². The molecule has 3 heteroatoms. The van der Waals surface area contributed by atoms with Crippen molar-refractivity contribution >= 4 is 0 Å². The van der Waals surface area contributed by atoms with Gasteiger partial charge in [0.05, 0.1) is 13.1 Å². The molecular weight excluding hydrogens is 236 g/mol. The largest absolute Gasteiger partial charge is 0.463 e. The lowest BCUT2D eigenvalue weighted by Crippen LogP contribution is -2.23. The Balaban J connectivity index is 1.78. The van der Waals surface area contributed by atoms with Gasteiger partial charge in [0.2, 0.25) is 0 Å². The minimum absolute atomic E-state index is 0.852. The number of nitrogens with zero attached hydrogens (tertiary/aromatic N) is 1. The van der Waals surface area contributed by atoms with Crippen molar-refractivity contribution in [3.63, 3.8) is 0 Å². The summed E-state index contributed by atoms with van der Waals surface area (Å²) in [5.74, 6) is 3.06. The van der Waals surface area contributed by atoms with E-state index in [-0.39, 0.29) is 0 Å². The van der Waals surface area contributed by atoms with Gasteiger partial charge in [-0.1, -0.05) is 13.8 Å². The van der Waals surface area contributed by atoms with Crippen molar-refractivity contribution in [3.8, 4) is 0 Å². The molecule has 1 aliphatic heterocycles. The van der Waals surface area contributed by atoms with Crippen molar-refractivity contribution in [3.05, 3.63) is 23.7 Å². The van der Waals surface area contributed by atoms with Crippen LogP contribution in [0.5, 0.6) is 0 Å². The first-order valence-corrected chi connectivity index (χ1v) is 7.78. The van der Waals surface area contributed by atoms with E-state index >= 15 is 0 Å². The summed E-state index contributed by atoms with van der Waals surface area (Å²) in [6, 6.07) is 4.25. The lowest BCUT2D eigenvalue weighted by molar-refractivity contribution is 0.247. The van der Waals surface area contributed by atoms with Crippen LogP contribution in [-0.4, -0.2) is 24.5 Å². The number of nitrogens with one attached hydrogen (secondary N) is 1. The molecule has 1 fully saturated rings. The number of hydrogen-bond acceptors (Lipinski definition) is 3. The smallest absolute Gasteiger partial charge is 0.118 e. The topological polar surface area (TPSA) is 28.4 Å². The van der Waals surface area contributed by atoms with Crippen LogP contribution in [0.4, 0.5) is 0 Å². The van der Waals surface area contributed by atoms with E-state index in [0.717, 1.165) is 37.1 Å². The fourth-order valence-corrected chi connectivity index (χ4v) is 2.69. The lowest BCUT2D eigenvalue weighted by Gasteiger charge is -2.18. The average Bonchev–Trinajstić information content (AvgIpc) is 2.73. The molecule has 1 unspecified atom stereocenters. The number of furan rings is 1. The first-order valence-electron chi connectivity index (χ1n) is 7.78. The molecule has 1 atom stereocenters. The fraction of sp³-hybridized carbons (Fsp3) is 0.750. The zero-order valence-corrected chi connectivity index (χ0v) is 12.5. The van der Waals surface area contributed by atoms with Crippen LogP contribution < -0.4 is 5.32 Å². The van der Waals surface area contributed by atoms with Gasteiger partial charge in [-0.05, 0) is 63.4 Å². The standard InChI is InChI=1S/C16H28N2O/c1-3-9-17-12-15-6-7-16(19-15)13-18-10-4-5-14(2)8-11-18/h6-7,14,17H,3-5,8-13H2,1-2H3. The van der Waals surface area contributed by atoms with E-state index in [0.29, 0.717) is 0 Å². The average molecular weight is 264 g/mol. The molecular formula is C16H28N2O. The number of rotatable bonds is 6. The fourth-order valence-electron chi connectivity index (χ4n) is 2.69. The second kappa shape index (κ2) is 7.71. The highest BCUT2D eigenvalue weighted by atomic mass is 16.3. The highest BCUT2D eigenvalue weighted by Crippen LogP contribution is 2.19. The number of hydrogen-bond donors (Lipinski definition) is 1. The molecule has 1 aliphatic rings. The molecule has 0 radical (unpaired) electrons. The van der Waals surface area contributed by atoms with Crippen molar-refractivity contribution in [2.24, 2.45) is 5.92 Å². The maximum absolute atomic E-state index is 5.90. The van der Waals surface area contributed by atoms with Gasteiger partial charge in [0.15, 0.2) is 0 Å². The van der Waals surface area contributed by atoms with Crippen molar-refractivity contribution in [2.75, 3.05) is 19.6 Å². The molecule has 1 N–H and O–H groups in total. The van der Waals surface area contributed by atoms with Gasteiger partial charge in [0, 0.05) is 0 Å². The van der Waals surface area contributed by atoms with E-state index in [1.54, 1.807) is 0 Å². The molecule has 1 saturated heterocycles. The van der Waals surface area contributed by atoms with E-state index in [1.807, 2.05) is 0 Å². The Morgan fingerprint density at radius 2 is 2.11 bits per heavy atom. The van der Waals surface area contributed by atoms with Gasteiger partial charge >= 0.3 is 0 Å². The monoisotopic (exact) mass is 264 g/mol. The Morgan fingerprint density at radius 3 is 2.95 bits per heavy atom. The van der Waals surface area contributed by atoms with Crippen LogP contribution in [0.1, 0.15) is 51.1 Å². The van der Waals surface area contributed by atoms with Gasteiger partial charge < -0.3 is 9.73 Å². The maximum atomic E-state index is 5.90. The Labute approximate surface area is 117 Å². The van der Waals surface area contributed by atoms with Crippen LogP contribution in [0.2, 0.25) is 0 Å². The third-order valence-corrected chi connectivity index (χ3v) is 3.93. The zero-order valence-electron chi connectivity index (χ0n) is 12.5. The third-order valence-electron chi connectivity index (χ3n) is 3.93. The maximum Gasteiger partial charge on any atom is 0.118 e. The van der Waals surface area contributed by atoms with Gasteiger partial charge in [-0.15, -0.1) is 0 Å². The minimum Gasteiger partial charge on any atom is -0.463 e. The molecule has 108 valence electrons. The van der Waals surface area contributed by atoms with Gasteiger partial charge in [-0.3, -0.25) is 4.90 Å². The Morgan fingerprint density at radius 1 is 1.26 bits per heavy atom. The predicted molar refractivity (Wildman–Crippen MR) is 79.0 cm³/mol. The van der Waals surface area contributed by atoms with Crippen molar-refractivity contribution in [2.45, 2.75) is 52.6 Å². The predicted octanol–water partition coefficient (Wildman–Crippen LogP) is 3.40. The van der Waals surface area contributed by atoms with E-state index in [2.05, 4.69) is 36.2 Å². The van der Waals surface area contributed by atoms with Crippen LogP contribution >= 0.6 is 0 Å². The minimum atomic E-state index is 0.852. The van der Waals surface area contributed by atoms with Gasteiger partial charge in [0.25, 0.3) is 0 Å². The molecule has 3 nitrogen and oxygen atoms in total. The summed E-state index contributed by atoms with van der Waals surface area (Å²) in [4.78, 5) is 2.53. The molecule has 0 amide bonds. The first-order chi connectivity index (χ1) is 9.28. The van der Waals surface area contributed by atoms with Crippen molar-refractivity contribution in [1.29, 1.82) is 0 Å². The van der Waals surface area contributed by atoms with Gasteiger partial charge in [0.1, 0.15) is 11.5 Å². The Bertz CT molecular complexity index is 361. The summed E-state index contributed by atoms with van der Waals surface area (Å²) in [6.45, 7) is 9.86.